The van der Waals surface area contributed by atoms with E-state index in [9.17, 15) is 43.5 Å². The van der Waals surface area contributed by atoms with Gasteiger partial charge in [-0.25, -0.2) is 25.6 Å². The molecule has 3 nitrogen and oxygen atoms in total. The normalized spacial score (nSPS) is 12.9. The van der Waals surface area contributed by atoms with Crippen molar-refractivity contribution in [2.24, 2.45) is 0 Å². The van der Waals surface area contributed by atoms with Gasteiger partial charge in [0.05, 0.1) is 5.56 Å². The van der Waals surface area contributed by atoms with Gasteiger partial charge < -0.3 is 0 Å². The van der Waals surface area contributed by atoms with Crippen molar-refractivity contribution in [1.29, 1.82) is 0 Å². The number of alkyl halides is 3. The van der Waals surface area contributed by atoms with E-state index in [-0.39, 0.29) is 14.7 Å². The molecule has 0 atom stereocenters. The zero-order valence-corrected chi connectivity index (χ0v) is 20.3. The molecule has 0 fully saturated rings. The van der Waals surface area contributed by atoms with Crippen molar-refractivity contribution in [1.82, 2.24) is 0 Å². The van der Waals surface area contributed by atoms with E-state index in [0.29, 0.717) is 12.1 Å². The van der Waals surface area contributed by atoms with Crippen LogP contribution in [0.5, 0.6) is 0 Å². The van der Waals surface area contributed by atoms with Gasteiger partial charge >= 0.3 is 16.3 Å². The number of hydrogen-bond donors (Lipinski definition) is 0. The Morgan fingerprint density at radius 3 is 1.29 bits per heavy atom. The first-order valence-electron chi connectivity index (χ1n) is 10.4. The smallest absolute Gasteiger partial charge is 0.203 e. The number of rotatable bonds is 6. The highest BCUT2D eigenvalue weighted by atomic mass is 32.3. The summed E-state index contributed by atoms with van der Waals surface area (Å²) < 4.78 is 142. The fourth-order valence-corrected chi connectivity index (χ4v) is 8.88. The van der Waals surface area contributed by atoms with Crippen LogP contribution in [0.3, 0.4) is 0 Å². The molecule has 4 aromatic rings. The lowest BCUT2D eigenvalue weighted by Gasteiger charge is -2.39. The minimum Gasteiger partial charge on any atom is -0.203 e. The van der Waals surface area contributed by atoms with Crippen molar-refractivity contribution in [3.05, 3.63) is 120 Å². The lowest BCUT2D eigenvalue weighted by Crippen LogP contribution is -2.19. The molecule has 0 aliphatic rings. The molecule has 0 spiro atoms. The van der Waals surface area contributed by atoms with Gasteiger partial charge in [0.15, 0.2) is 28.2 Å². The molecular weight excluding hydrogens is 564 g/mol. The van der Waals surface area contributed by atoms with Crippen molar-refractivity contribution in [3.63, 3.8) is 0 Å². The minimum atomic E-state index is -5.81. The summed E-state index contributed by atoms with van der Waals surface area (Å²) in [7, 11) is -9.50. The summed E-state index contributed by atoms with van der Waals surface area (Å²) in [5.41, 5.74) is -1.08. The molecule has 0 N–H and O–H groups in total. The fraction of sp³-hybridized carbons (Fsp3) is 0.0400. The lowest BCUT2D eigenvalue weighted by molar-refractivity contribution is -0.137. The summed E-state index contributed by atoms with van der Waals surface area (Å²) in [6, 6.07) is 17.4. The molecule has 0 aromatic heterocycles. The highest BCUT2D eigenvalue weighted by molar-refractivity contribution is 8.33. The molecule has 0 amide bonds. The molecular formula is C25H14F8O3S2. The molecule has 4 aromatic carbocycles. The highest BCUT2D eigenvalue weighted by Crippen LogP contribution is 2.70. The van der Waals surface area contributed by atoms with Crippen LogP contribution >= 0.6 is 10.3 Å². The quantitative estimate of drug-likeness (QED) is 0.132. The van der Waals surface area contributed by atoms with Crippen LogP contribution < -0.4 is 0 Å². The molecule has 0 saturated carbocycles. The zero-order chi connectivity index (χ0) is 27.9. The van der Waals surface area contributed by atoms with Gasteiger partial charge in [-0.3, -0.25) is 0 Å². The Hall–Kier alpha value is -3.42. The topological polar surface area (TPSA) is 43.4 Å². The largest absolute Gasteiger partial charge is 0.416 e. The lowest BCUT2D eigenvalue weighted by atomic mass is 10.2. The molecule has 0 heterocycles. The summed E-state index contributed by atoms with van der Waals surface area (Å²) in [6.07, 6.45) is -4.75. The van der Waals surface area contributed by atoms with Crippen LogP contribution in [0.2, 0.25) is 0 Å². The van der Waals surface area contributed by atoms with E-state index >= 15 is 0 Å². The van der Waals surface area contributed by atoms with E-state index in [0.717, 1.165) is 12.1 Å². The first-order valence-corrected chi connectivity index (χ1v) is 13.4. The average molecular weight is 579 g/mol. The maximum Gasteiger partial charge on any atom is 0.416 e. The van der Waals surface area contributed by atoms with Crippen LogP contribution in [-0.4, -0.2) is 8.42 Å². The molecule has 0 bridgehead atoms. The van der Waals surface area contributed by atoms with E-state index in [4.69, 9.17) is 3.63 Å². The van der Waals surface area contributed by atoms with Gasteiger partial charge in [0.25, 0.3) is 0 Å². The third kappa shape index (κ3) is 4.76. The molecule has 38 heavy (non-hydrogen) atoms. The van der Waals surface area contributed by atoms with E-state index in [1.807, 2.05) is 0 Å². The average Bonchev–Trinajstić information content (AvgIpc) is 2.90. The SMILES string of the molecule is O=S(=O)(OS(c1ccccc1)(c1ccccc1)c1ccc(C(F)(F)F)cc1)c1c(F)c(F)c(F)c(F)c1F. The van der Waals surface area contributed by atoms with Crippen molar-refractivity contribution in [2.75, 3.05) is 0 Å². The second kappa shape index (κ2) is 10.0. The van der Waals surface area contributed by atoms with Crippen LogP contribution in [0.25, 0.3) is 0 Å². The van der Waals surface area contributed by atoms with E-state index in [1.165, 1.54) is 60.7 Å². The van der Waals surface area contributed by atoms with Crippen molar-refractivity contribution in [3.8, 4) is 0 Å². The Morgan fingerprint density at radius 1 is 0.526 bits per heavy atom. The predicted molar refractivity (Wildman–Crippen MR) is 121 cm³/mol. The molecule has 200 valence electrons. The van der Waals surface area contributed by atoms with Gasteiger partial charge in [0.1, 0.15) is 0 Å². The number of halogens is 8. The maximum absolute atomic E-state index is 14.6. The van der Waals surface area contributed by atoms with Crippen LogP contribution in [0.15, 0.2) is 105 Å². The van der Waals surface area contributed by atoms with E-state index in [2.05, 4.69) is 0 Å². The summed E-state index contributed by atoms with van der Waals surface area (Å²) in [5, 5.41) is 0. The first kappa shape index (κ1) is 27.6. The van der Waals surface area contributed by atoms with Gasteiger partial charge in [-0.15, -0.1) is 0 Å². The third-order valence-corrected chi connectivity index (χ3v) is 10.5. The van der Waals surface area contributed by atoms with Crippen LogP contribution in [-0.2, 0) is 19.9 Å². The monoisotopic (exact) mass is 578 g/mol. The van der Waals surface area contributed by atoms with Crippen molar-refractivity contribution in [2.45, 2.75) is 25.8 Å². The summed E-state index contributed by atoms with van der Waals surface area (Å²) in [6.45, 7) is 0. The van der Waals surface area contributed by atoms with Crippen molar-refractivity contribution < 1.29 is 47.2 Å². The molecule has 4 rings (SSSR count). The second-order valence-corrected chi connectivity index (χ2v) is 12.0. The number of benzene rings is 4. The highest BCUT2D eigenvalue weighted by Gasteiger charge is 2.43. The minimum absolute atomic E-state index is 0.0402. The molecule has 0 aliphatic heterocycles. The maximum atomic E-state index is 14.6. The van der Waals surface area contributed by atoms with Gasteiger partial charge in [-0.05, 0) is 58.8 Å². The first-order chi connectivity index (χ1) is 17.8. The van der Waals surface area contributed by atoms with Crippen molar-refractivity contribution >= 4 is 20.4 Å². The Balaban J connectivity index is 2.06. The van der Waals surface area contributed by atoms with E-state index < -0.39 is 66.1 Å². The van der Waals surface area contributed by atoms with Crippen LogP contribution in [0, 0.1) is 29.1 Å². The molecule has 0 unspecified atom stereocenters. The molecule has 0 aliphatic carbocycles. The Kier molecular flexibility index (Phi) is 7.30. The molecule has 0 saturated heterocycles. The van der Waals surface area contributed by atoms with Gasteiger partial charge in [0, 0.05) is 14.7 Å². The number of hydrogen-bond acceptors (Lipinski definition) is 3. The zero-order valence-electron chi connectivity index (χ0n) is 18.6. The molecule has 0 radical (unpaired) electrons. The Labute approximate surface area is 213 Å². The summed E-state index contributed by atoms with van der Waals surface area (Å²) in [5.74, 6) is -12.9. The second-order valence-electron chi connectivity index (χ2n) is 7.63. The fourth-order valence-electron chi connectivity index (χ4n) is 3.56. The van der Waals surface area contributed by atoms with Crippen LogP contribution in [0.1, 0.15) is 5.56 Å². The van der Waals surface area contributed by atoms with Gasteiger partial charge in [-0.1, -0.05) is 36.4 Å². The van der Waals surface area contributed by atoms with Crippen LogP contribution in [0.4, 0.5) is 35.1 Å². The van der Waals surface area contributed by atoms with Gasteiger partial charge in [-0.2, -0.15) is 21.6 Å². The van der Waals surface area contributed by atoms with Gasteiger partial charge in [0.2, 0.25) is 5.82 Å². The molecule has 13 heteroatoms. The standard InChI is InChI=1S/C25H14F8O3S2/c26-19-20(27)22(29)24(23(30)21(19)28)38(34,35)36-37(16-7-3-1-4-8-16,17-9-5-2-6-10-17)18-13-11-15(12-14-18)25(31,32)33/h1-14H. The Bertz CT molecular complexity index is 1510. The third-order valence-electron chi connectivity index (χ3n) is 5.28. The summed E-state index contributed by atoms with van der Waals surface area (Å²) >= 11 is 0. The van der Waals surface area contributed by atoms with E-state index in [1.54, 1.807) is 0 Å². The summed E-state index contributed by atoms with van der Waals surface area (Å²) in [4.78, 5) is -2.32. The predicted octanol–water partition coefficient (Wildman–Crippen LogP) is 8.00. The Morgan fingerprint density at radius 2 is 0.895 bits per heavy atom.